The van der Waals surface area contributed by atoms with Crippen LogP contribution < -0.4 is 9.62 Å². The maximum atomic E-state index is 12.7. The summed E-state index contributed by atoms with van der Waals surface area (Å²) in [5, 5.41) is 0. The van der Waals surface area contributed by atoms with Crippen LogP contribution in [0, 0.1) is 0 Å². The molecule has 0 amide bonds. The van der Waals surface area contributed by atoms with Gasteiger partial charge in [0, 0.05) is 37.9 Å². The third-order valence-corrected chi connectivity index (χ3v) is 6.83. The van der Waals surface area contributed by atoms with Gasteiger partial charge in [-0.15, -0.1) is 0 Å². The van der Waals surface area contributed by atoms with Crippen LogP contribution in [-0.4, -0.2) is 52.1 Å². The molecule has 30 heavy (non-hydrogen) atoms. The molecule has 1 aliphatic heterocycles. The van der Waals surface area contributed by atoms with Crippen molar-refractivity contribution in [2.75, 3.05) is 37.6 Å². The summed E-state index contributed by atoms with van der Waals surface area (Å²) >= 11 is 0. The number of hydrogen-bond donors (Lipinski definition) is 1. The van der Waals surface area contributed by atoms with Gasteiger partial charge in [-0.25, -0.2) is 13.1 Å². The van der Waals surface area contributed by atoms with Gasteiger partial charge >= 0.3 is 6.18 Å². The minimum atomic E-state index is -4.49. The van der Waals surface area contributed by atoms with Crippen LogP contribution in [-0.2, 0) is 16.2 Å². The van der Waals surface area contributed by atoms with Gasteiger partial charge in [0.05, 0.1) is 10.5 Å². The molecule has 0 aliphatic carbocycles. The molecule has 2 aromatic rings. The average molecular weight is 442 g/mol. The lowest BCUT2D eigenvalue weighted by Gasteiger charge is -2.36. The van der Waals surface area contributed by atoms with Gasteiger partial charge in [0.15, 0.2) is 0 Å². The number of halogens is 3. The first-order valence-corrected chi connectivity index (χ1v) is 11.4. The van der Waals surface area contributed by atoms with E-state index >= 15 is 0 Å². The number of alkyl halides is 3. The first-order chi connectivity index (χ1) is 14.1. The molecule has 0 unspecified atom stereocenters. The van der Waals surface area contributed by atoms with Crippen LogP contribution in [0.5, 0.6) is 0 Å². The SMILES string of the molecule is C[C@@H](CCN1CCN(c2ccccc2)CC1)NS(=O)(=O)c1ccc(C(F)(F)F)cc1. The zero-order chi connectivity index (χ0) is 21.8. The number of para-hydroxylation sites is 1. The molecule has 3 rings (SSSR count). The first kappa shape index (κ1) is 22.6. The summed E-state index contributed by atoms with van der Waals surface area (Å²) in [4.78, 5) is 4.45. The summed E-state index contributed by atoms with van der Waals surface area (Å²) in [6.07, 6.45) is -3.88. The Hall–Kier alpha value is -2.10. The van der Waals surface area contributed by atoms with E-state index in [-0.39, 0.29) is 10.9 Å². The number of anilines is 1. The Morgan fingerprint density at radius 3 is 2.13 bits per heavy atom. The zero-order valence-corrected chi connectivity index (χ0v) is 17.6. The largest absolute Gasteiger partial charge is 0.416 e. The molecule has 1 atom stereocenters. The quantitative estimate of drug-likeness (QED) is 0.714. The number of hydrogen-bond acceptors (Lipinski definition) is 4. The fraction of sp³-hybridized carbons (Fsp3) is 0.429. The fourth-order valence-corrected chi connectivity index (χ4v) is 4.74. The third kappa shape index (κ3) is 5.96. The van der Waals surface area contributed by atoms with Gasteiger partial charge in [-0.1, -0.05) is 18.2 Å². The van der Waals surface area contributed by atoms with E-state index in [0.29, 0.717) is 6.42 Å². The van der Waals surface area contributed by atoms with E-state index in [1.165, 1.54) is 5.69 Å². The van der Waals surface area contributed by atoms with E-state index in [1.54, 1.807) is 6.92 Å². The monoisotopic (exact) mass is 441 g/mol. The predicted octanol–water partition coefficient (Wildman–Crippen LogP) is 3.58. The topological polar surface area (TPSA) is 52.6 Å². The highest BCUT2D eigenvalue weighted by molar-refractivity contribution is 7.89. The molecule has 9 heteroatoms. The van der Waals surface area contributed by atoms with Gasteiger partial charge in [0.2, 0.25) is 10.0 Å². The molecule has 1 heterocycles. The van der Waals surface area contributed by atoms with Crippen LogP contribution in [0.2, 0.25) is 0 Å². The van der Waals surface area contributed by atoms with Gasteiger partial charge < -0.3 is 4.90 Å². The van der Waals surface area contributed by atoms with E-state index in [9.17, 15) is 21.6 Å². The Labute approximate surface area is 175 Å². The van der Waals surface area contributed by atoms with Crippen LogP contribution in [0.25, 0.3) is 0 Å². The van der Waals surface area contributed by atoms with Crippen molar-refractivity contribution in [3.63, 3.8) is 0 Å². The fourth-order valence-electron chi connectivity index (χ4n) is 3.46. The molecule has 2 aromatic carbocycles. The molecular weight excluding hydrogens is 415 g/mol. The number of sulfonamides is 1. The highest BCUT2D eigenvalue weighted by atomic mass is 32.2. The molecule has 1 N–H and O–H groups in total. The zero-order valence-electron chi connectivity index (χ0n) is 16.8. The van der Waals surface area contributed by atoms with Crippen LogP contribution in [0.15, 0.2) is 59.5 Å². The summed E-state index contributed by atoms with van der Waals surface area (Å²) in [5.74, 6) is 0. The molecule has 164 valence electrons. The van der Waals surface area contributed by atoms with Crippen LogP contribution in [0.4, 0.5) is 18.9 Å². The standard InChI is InChI=1S/C21H26F3N3O2S/c1-17(25-30(28,29)20-9-7-18(8-10-20)21(22,23)24)11-12-26-13-15-27(16-14-26)19-5-3-2-4-6-19/h2-10,17,25H,11-16H2,1H3/t17-/m0/s1. The normalized spacial score (nSPS) is 17.1. The summed E-state index contributed by atoms with van der Waals surface area (Å²) in [7, 11) is -3.86. The Morgan fingerprint density at radius 1 is 0.967 bits per heavy atom. The Morgan fingerprint density at radius 2 is 1.57 bits per heavy atom. The van der Waals surface area contributed by atoms with E-state index in [0.717, 1.165) is 57.0 Å². The van der Waals surface area contributed by atoms with Crippen molar-refractivity contribution in [3.8, 4) is 0 Å². The molecule has 0 bridgehead atoms. The highest BCUT2D eigenvalue weighted by Gasteiger charge is 2.30. The molecule has 5 nitrogen and oxygen atoms in total. The van der Waals surface area contributed by atoms with Crippen molar-refractivity contribution in [2.45, 2.75) is 30.5 Å². The van der Waals surface area contributed by atoms with Crippen molar-refractivity contribution in [2.24, 2.45) is 0 Å². The number of piperazine rings is 1. The summed E-state index contributed by atoms with van der Waals surface area (Å²) in [6, 6.07) is 13.4. The smallest absolute Gasteiger partial charge is 0.369 e. The third-order valence-electron chi connectivity index (χ3n) is 5.22. The lowest BCUT2D eigenvalue weighted by Crippen LogP contribution is -2.47. The average Bonchev–Trinajstić information content (AvgIpc) is 2.72. The molecule has 0 saturated carbocycles. The maximum Gasteiger partial charge on any atom is 0.416 e. The molecule has 0 aromatic heterocycles. The maximum absolute atomic E-state index is 12.7. The lowest BCUT2D eigenvalue weighted by atomic mass is 10.2. The van der Waals surface area contributed by atoms with Crippen molar-refractivity contribution in [1.82, 2.24) is 9.62 Å². The number of nitrogens with one attached hydrogen (secondary N) is 1. The molecular formula is C21H26F3N3O2S. The van der Waals surface area contributed by atoms with E-state index in [4.69, 9.17) is 0 Å². The Bertz CT molecular complexity index is 911. The van der Waals surface area contributed by atoms with Crippen molar-refractivity contribution < 1.29 is 21.6 Å². The molecule has 1 fully saturated rings. The van der Waals surface area contributed by atoms with Gasteiger partial charge in [-0.3, -0.25) is 4.90 Å². The van der Waals surface area contributed by atoms with Crippen LogP contribution in [0.3, 0.4) is 0 Å². The molecule has 1 aliphatic rings. The van der Waals surface area contributed by atoms with Crippen molar-refractivity contribution >= 4 is 15.7 Å². The minimum absolute atomic E-state index is 0.168. The second kappa shape index (κ2) is 9.36. The van der Waals surface area contributed by atoms with Gasteiger partial charge in [-0.2, -0.15) is 13.2 Å². The van der Waals surface area contributed by atoms with Crippen LogP contribution >= 0.6 is 0 Å². The highest BCUT2D eigenvalue weighted by Crippen LogP contribution is 2.29. The Kier molecular flexibility index (Phi) is 7.05. The van der Waals surface area contributed by atoms with Crippen molar-refractivity contribution in [3.05, 3.63) is 60.2 Å². The number of nitrogens with zero attached hydrogens (tertiary/aromatic N) is 2. The van der Waals surface area contributed by atoms with E-state index in [2.05, 4.69) is 26.7 Å². The molecule has 1 saturated heterocycles. The lowest BCUT2D eigenvalue weighted by molar-refractivity contribution is -0.137. The summed E-state index contributed by atoms with van der Waals surface area (Å²) in [5.41, 5.74) is 0.332. The van der Waals surface area contributed by atoms with Crippen molar-refractivity contribution in [1.29, 1.82) is 0 Å². The van der Waals surface area contributed by atoms with Gasteiger partial charge in [-0.05, 0) is 56.3 Å². The summed E-state index contributed by atoms with van der Waals surface area (Å²) in [6.45, 7) is 6.13. The van der Waals surface area contributed by atoms with Crippen LogP contribution in [0.1, 0.15) is 18.9 Å². The molecule has 0 spiro atoms. The van der Waals surface area contributed by atoms with Gasteiger partial charge in [0.25, 0.3) is 0 Å². The van der Waals surface area contributed by atoms with E-state index < -0.39 is 21.8 Å². The van der Waals surface area contributed by atoms with Gasteiger partial charge in [0.1, 0.15) is 0 Å². The Balaban J connectivity index is 1.47. The second-order valence-electron chi connectivity index (χ2n) is 7.50. The summed E-state index contributed by atoms with van der Waals surface area (Å²) < 4.78 is 65.4. The minimum Gasteiger partial charge on any atom is -0.369 e. The first-order valence-electron chi connectivity index (χ1n) is 9.87. The number of rotatable bonds is 7. The molecule has 0 radical (unpaired) electrons. The van der Waals surface area contributed by atoms with E-state index in [1.807, 2.05) is 18.2 Å². The number of benzene rings is 2. The second-order valence-corrected chi connectivity index (χ2v) is 9.21. The predicted molar refractivity (Wildman–Crippen MR) is 111 cm³/mol.